The predicted octanol–water partition coefficient (Wildman–Crippen LogP) is 2.19. The van der Waals surface area contributed by atoms with E-state index in [4.69, 9.17) is 4.74 Å². The largest absolute Gasteiger partial charge is 0.386 e. The second-order valence-electron chi connectivity index (χ2n) is 5.85. The molecule has 3 rings (SSSR count). The molecule has 4 nitrogen and oxygen atoms in total. The van der Waals surface area contributed by atoms with Crippen LogP contribution in [0.15, 0.2) is 12.3 Å². The van der Waals surface area contributed by atoms with Crippen molar-refractivity contribution in [1.82, 2.24) is 9.78 Å². The number of hydrogen-bond donors (Lipinski definition) is 1. The van der Waals surface area contributed by atoms with Crippen molar-refractivity contribution in [2.75, 3.05) is 6.61 Å². The predicted molar refractivity (Wildman–Crippen MR) is 68.0 cm³/mol. The molecule has 18 heavy (non-hydrogen) atoms. The van der Waals surface area contributed by atoms with Gasteiger partial charge in [0.15, 0.2) is 0 Å². The minimum absolute atomic E-state index is 0.0681. The number of hydrogen-bond acceptors (Lipinski definition) is 3. The lowest BCUT2D eigenvalue weighted by molar-refractivity contribution is -0.113. The summed E-state index contributed by atoms with van der Waals surface area (Å²) in [5.74, 6) is 0.298. The fourth-order valence-electron chi connectivity index (χ4n) is 3.54. The minimum Gasteiger partial charge on any atom is -0.386 e. The highest BCUT2D eigenvalue weighted by atomic mass is 16.5. The van der Waals surface area contributed by atoms with Gasteiger partial charge < -0.3 is 9.84 Å². The van der Waals surface area contributed by atoms with Gasteiger partial charge in [0.2, 0.25) is 0 Å². The normalized spacial score (nSPS) is 28.7. The number of rotatable bonds is 2. The van der Waals surface area contributed by atoms with Crippen molar-refractivity contribution in [3.8, 4) is 0 Å². The van der Waals surface area contributed by atoms with E-state index in [-0.39, 0.29) is 5.60 Å². The van der Waals surface area contributed by atoms with Gasteiger partial charge in [0.05, 0.1) is 11.3 Å². The first-order valence-corrected chi connectivity index (χ1v) is 7.00. The molecular weight excluding hydrogens is 228 g/mol. The molecule has 0 aromatic carbocycles. The lowest BCUT2D eigenvalue weighted by Gasteiger charge is -2.39. The number of nitrogens with zero attached hydrogens (tertiary/aromatic N) is 2. The minimum atomic E-state index is -0.437. The van der Waals surface area contributed by atoms with Crippen LogP contribution in [0, 0.1) is 5.92 Å². The molecular formula is C14H22N2O2. The van der Waals surface area contributed by atoms with E-state index in [2.05, 4.69) is 5.10 Å². The van der Waals surface area contributed by atoms with E-state index in [1.807, 2.05) is 19.3 Å². The fraction of sp³-hybridized carbons (Fsp3) is 0.786. The standard InChI is InChI=1S/C14H22N2O2/c1-16-8-4-12(15-16)13(17)11-5-9-18-14(10-11)6-2-3-7-14/h4,8,11,13,17H,2-3,5-7,9-10H2,1H3. The van der Waals surface area contributed by atoms with Gasteiger partial charge in [-0.2, -0.15) is 5.10 Å². The van der Waals surface area contributed by atoms with Crippen LogP contribution in [0.2, 0.25) is 0 Å². The van der Waals surface area contributed by atoms with Crippen molar-refractivity contribution >= 4 is 0 Å². The second-order valence-corrected chi connectivity index (χ2v) is 5.85. The Labute approximate surface area is 108 Å². The van der Waals surface area contributed by atoms with E-state index in [1.54, 1.807) is 4.68 Å². The number of ether oxygens (including phenoxy) is 1. The summed E-state index contributed by atoms with van der Waals surface area (Å²) in [6.45, 7) is 0.786. The molecule has 1 N–H and O–H groups in total. The third-order valence-corrected chi connectivity index (χ3v) is 4.53. The van der Waals surface area contributed by atoms with E-state index in [0.717, 1.165) is 25.1 Å². The molecule has 1 aromatic rings. The summed E-state index contributed by atoms with van der Waals surface area (Å²) < 4.78 is 7.76. The monoisotopic (exact) mass is 250 g/mol. The average molecular weight is 250 g/mol. The zero-order valence-corrected chi connectivity index (χ0v) is 11.0. The topological polar surface area (TPSA) is 47.3 Å². The van der Waals surface area contributed by atoms with Crippen molar-refractivity contribution < 1.29 is 9.84 Å². The molecule has 4 heteroatoms. The van der Waals surface area contributed by atoms with Gasteiger partial charge in [0, 0.05) is 19.9 Å². The van der Waals surface area contributed by atoms with Gasteiger partial charge in [-0.1, -0.05) is 12.8 Å². The molecule has 2 unspecified atom stereocenters. The molecule has 2 aliphatic rings. The van der Waals surface area contributed by atoms with E-state index in [0.29, 0.717) is 5.92 Å². The van der Waals surface area contributed by atoms with Crippen molar-refractivity contribution in [3.63, 3.8) is 0 Å². The van der Waals surface area contributed by atoms with Crippen molar-refractivity contribution in [1.29, 1.82) is 0 Å². The highest BCUT2D eigenvalue weighted by Crippen LogP contribution is 2.45. The second kappa shape index (κ2) is 4.67. The van der Waals surface area contributed by atoms with Crippen molar-refractivity contribution in [3.05, 3.63) is 18.0 Å². The maximum absolute atomic E-state index is 10.5. The van der Waals surface area contributed by atoms with Crippen LogP contribution in [0.25, 0.3) is 0 Å². The Kier molecular flexibility index (Phi) is 3.16. The number of aryl methyl sites for hydroxylation is 1. The summed E-state index contributed by atoms with van der Waals surface area (Å²) >= 11 is 0. The first-order valence-electron chi connectivity index (χ1n) is 7.00. The zero-order chi connectivity index (χ0) is 12.6. The van der Waals surface area contributed by atoms with Gasteiger partial charge in [-0.3, -0.25) is 4.68 Å². The average Bonchev–Trinajstić information content (AvgIpc) is 2.98. The molecule has 1 spiro atoms. The van der Waals surface area contributed by atoms with Crippen LogP contribution in [0.3, 0.4) is 0 Å². The highest BCUT2D eigenvalue weighted by molar-refractivity contribution is 5.06. The molecule has 1 aromatic heterocycles. The smallest absolute Gasteiger partial charge is 0.101 e. The molecule has 2 heterocycles. The van der Waals surface area contributed by atoms with Gasteiger partial charge in [0.25, 0.3) is 0 Å². The summed E-state index contributed by atoms with van der Waals surface area (Å²) in [4.78, 5) is 0. The molecule has 2 fully saturated rings. The van der Waals surface area contributed by atoms with Crippen LogP contribution in [-0.2, 0) is 11.8 Å². The van der Waals surface area contributed by atoms with Gasteiger partial charge >= 0.3 is 0 Å². The number of aliphatic hydroxyl groups excluding tert-OH is 1. The lowest BCUT2D eigenvalue weighted by Crippen LogP contribution is -2.39. The van der Waals surface area contributed by atoms with Crippen LogP contribution in [-0.4, -0.2) is 27.1 Å². The molecule has 0 bridgehead atoms. The highest BCUT2D eigenvalue weighted by Gasteiger charge is 2.42. The summed E-state index contributed by atoms with van der Waals surface area (Å²) in [5.41, 5.74) is 0.871. The van der Waals surface area contributed by atoms with Gasteiger partial charge in [-0.15, -0.1) is 0 Å². The fourth-order valence-corrected chi connectivity index (χ4v) is 3.54. The third-order valence-electron chi connectivity index (χ3n) is 4.53. The summed E-state index contributed by atoms with van der Waals surface area (Å²) in [6.07, 6.45) is 8.26. The molecule has 100 valence electrons. The summed E-state index contributed by atoms with van der Waals surface area (Å²) in [5, 5.41) is 14.8. The van der Waals surface area contributed by atoms with Gasteiger partial charge in [-0.25, -0.2) is 0 Å². The van der Waals surface area contributed by atoms with E-state index in [1.165, 1.54) is 25.7 Å². The molecule has 1 saturated heterocycles. The first kappa shape index (κ1) is 12.2. The number of aliphatic hydroxyl groups is 1. The molecule has 1 saturated carbocycles. The van der Waals surface area contributed by atoms with E-state index in [9.17, 15) is 5.11 Å². The lowest BCUT2D eigenvalue weighted by atomic mass is 9.81. The molecule has 0 radical (unpaired) electrons. The quantitative estimate of drug-likeness (QED) is 0.875. The molecule has 2 atom stereocenters. The Hall–Kier alpha value is -0.870. The van der Waals surface area contributed by atoms with Crippen molar-refractivity contribution in [2.45, 2.75) is 50.2 Å². The first-order chi connectivity index (χ1) is 8.69. The summed E-state index contributed by atoms with van der Waals surface area (Å²) in [6, 6.07) is 1.92. The summed E-state index contributed by atoms with van der Waals surface area (Å²) in [7, 11) is 1.89. The Balaban J connectivity index is 1.72. The van der Waals surface area contributed by atoms with Gasteiger partial charge in [-0.05, 0) is 37.7 Å². The van der Waals surface area contributed by atoms with Crippen LogP contribution in [0.4, 0.5) is 0 Å². The van der Waals surface area contributed by atoms with Crippen LogP contribution >= 0.6 is 0 Å². The Morgan fingerprint density at radius 2 is 2.28 bits per heavy atom. The Morgan fingerprint density at radius 1 is 1.50 bits per heavy atom. The van der Waals surface area contributed by atoms with Crippen molar-refractivity contribution in [2.24, 2.45) is 13.0 Å². The van der Waals surface area contributed by atoms with Crippen LogP contribution < -0.4 is 0 Å². The maximum atomic E-state index is 10.5. The molecule has 1 aliphatic heterocycles. The van der Waals surface area contributed by atoms with Crippen LogP contribution in [0.1, 0.15) is 50.3 Å². The maximum Gasteiger partial charge on any atom is 0.101 e. The van der Waals surface area contributed by atoms with E-state index >= 15 is 0 Å². The van der Waals surface area contributed by atoms with Gasteiger partial charge in [0.1, 0.15) is 6.10 Å². The Bertz CT molecular complexity index is 410. The van der Waals surface area contributed by atoms with E-state index < -0.39 is 6.10 Å². The van der Waals surface area contributed by atoms with Crippen LogP contribution in [0.5, 0.6) is 0 Å². The Morgan fingerprint density at radius 3 is 2.94 bits per heavy atom. The zero-order valence-electron chi connectivity index (χ0n) is 11.0. The third kappa shape index (κ3) is 2.19. The molecule has 0 amide bonds. The SMILES string of the molecule is Cn1ccc(C(O)C2CCOC3(CCCC3)C2)n1. The molecule has 1 aliphatic carbocycles. The number of aromatic nitrogens is 2.